The number of benzene rings is 1. The number of aromatic nitrogens is 3. The highest BCUT2D eigenvalue weighted by molar-refractivity contribution is 7.71. The molecule has 0 atom stereocenters. The van der Waals surface area contributed by atoms with Gasteiger partial charge in [-0.2, -0.15) is 15.2 Å². The van der Waals surface area contributed by atoms with E-state index in [0.29, 0.717) is 10.6 Å². The smallest absolute Gasteiger partial charge is 0.275 e. The highest BCUT2D eigenvalue weighted by Gasteiger charge is 2.33. The molecule has 11 heteroatoms. The Morgan fingerprint density at radius 3 is 2.68 bits per heavy atom. The van der Waals surface area contributed by atoms with Crippen LogP contribution < -0.4 is 10.3 Å². The van der Waals surface area contributed by atoms with E-state index in [1.165, 1.54) is 12.1 Å². The van der Waals surface area contributed by atoms with Gasteiger partial charge in [0.05, 0.1) is 18.7 Å². The molecule has 1 saturated carbocycles. The number of nitrogens with one attached hydrogen (secondary N) is 2. The first-order valence-electron chi connectivity index (χ1n) is 8.58. The quantitative estimate of drug-likeness (QED) is 0.580. The molecule has 1 aliphatic carbocycles. The lowest BCUT2D eigenvalue weighted by Crippen LogP contribution is -2.44. The Balaban J connectivity index is 1.53. The lowest BCUT2D eigenvalue weighted by Gasteiger charge is -2.22. The minimum Gasteiger partial charge on any atom is -0.343 e. The third-order valence-electron chi connectivity index (χ3n) is 4.39. The summed E-state index contributed by atoms with van der Waals surface area (Å²) in [4.78, 5) is 36.7. The maximum absolute atomic E-state index is 13.1. The number of aromatic amines is 1. The molecule has 0 bridgehead atoms. The summed E-state index contributed by atoms with van der Waals surface area (Å²) in [7, 11) is 0. The zero-order valence-electron chi connectivity index (χ0n) is 14.5. The predicted octanol–water partition coefficient (Wildman–Crippen LogP) is 1.39. The molecule has 0 radical (unpaired) electrons. The van der Waals surface area contributed by atoms with Crippen molar-refractivity contribution in [2.45, 2.75) is 31.8 Å². The maximum atomic E-state index is 13.1. The van der Waals surface area contributed by atoms with E-state index in [0.717, 1.165) is 30.0 Å². The molecule has 144 valence electrons. The normalized spacial score (nSPS) is 16.9. The largest absolute Gasteiger partial charge is 0.343 e. The molecule has 2 amide bonds. The Kier molecular flexibility index (Phi) is 4.59. The van der Waals surface area contributed by atoms with Gasteiger partial charge in [-0.25, -0.2) is 4.39 Å². The van der Waals surface area contributed by atoms with Crippen LogP contribution in [0.2, 0.25) is 0 Å². The number of hydrogen-bond acceptors (Lipinski definition) is 6. The van der Waals surface area contributed by atoms with Crippen molar-refractivity contribution < 1.29 is 18.8 Å². The fourth-order valence-electron chi connectivity index (χ4n) is 2.88. The molecule has 0 spiro atoms. The number of hydrazone groups is 1. The number of amides is 2. The number of halogens is 1. The molecule has 2 aromatic rings. The average Bonchev–Trinajstić information content (AvgIpc) is 3.43. The number of carbonyl (C=O) groups excluding carboxylic acids is 3. The van der Waals surface area contributed by atoms with Crippen LogP contribution in [0.5, 0.6) is 0 Å². The molecule has 28 heavy (non-hydrogen) atoms. The van der Waals surface area contributed by atoms with Crippen molar-refractivity contribution in [1.29, 1.82) is 0 Å². The summed E-state index contributed by atoms with van der Waals surface area (Å²) in [5.41, 5.74) is -0.130. The van der Waals surface area contributed by atoms with E-state index in [4.69, 9.17) is 12.2 Å². The molecule has 0 unspecified atom stereocenters. The zero-order valence-corrected chi connectivity index (χ0v) is 15.3. The molecule has 2 N–H and O–H groups in total. The van der Waals surface area contributed by atoms with E-state index in [1.54, 1.807) is 0 Å². The first kappa shape index (κ1) is 18.2. The van der Waals surface area contributed by atoms with Gasteiger partial charge in [-0.05, 0) is 49.3 Å². The molecule has 1 aromatic carbocycles. The number of rotatable bonds is 5. The number of ketones is 1. The van der Waals surface area contributed by atoms with E-state index in [-0.39, 0.29) is 18.3 Å². The highest BCUT2D eigenvalue weighted by Crippen LogP contribution is 2.35. The van der Waals surface area contributed by atoms with Gasteiger partial charge in [-0.1, -0.05) is 0 Å². The van der Waals surface area contributed by atoms with Gasteiger partial charge in [0.25, 0.3) is 11.8 Å². The molecule has 2 heterocycles. The lowest BCUT2D eigenvalue weighted by atomic mass is 10.1. The number of nitrogens with zero attached hydrogens (tertiary/aromatic N) is 4. The Bertz CT molecular complexity index is 1050. The van der Waals surface area contributed by atoms with E-state index in [9.17, 15) is 18.8 Å². The van der Waals surface area contributed by atoms with Gasteiger partial charge in [-0.3, -0.25) is 24.0 Å². The van der Waals surface area contributed by atoms with Crippen LogP contribution in [-0.2, 0) is 20.9 Å². The van der Waals surface area contributed by atoms with Crippen LogP contribution in [0.15, 0.2) is 29.4 Å². The fraction of sp³-hybridized carbons (Fsp3) is 0.294. The summed E-state index contributed by atoms with van der Waals surface area (Å²) in [6.45, 7) is 0.0548. The minimum absolute atomic E-state index is 0.0548. The van der Waals surface area contributed by atoms with Crippen LogP contribution in [0, 0.1) is 10.6 Å². The number of hydrogen-bond donors (Lipinski definition) is 2. The van der Waals surface area contributed by atoms with Crippen molar-refractivity contribution in [3.8, 4) is 0 Å². The Hall–Kier alpha value is -3.21. The van der Waals surface area contributed by atoms with Crippen molar-refractivity contribution in [3.63, 3.8) is 0 Å². The van der Waals surface area contributed by atoms with Gasteiger partial charge in [0.15, 0.2) is 22.1 Å². The van der Waals surface area contributed by atoms with Gasteiger partial charge < -0.3 is 5.32 Å². The first-order valence-corrected chi connectivity index (χ1v) is 8.99. The minimum atomic E-state index is -0.721. The second kappa shape index (κ2) is 7.08. The van der Waals surface area contributed by atoms with E-state index >= 15 is 0 Å². The van der Waals surface area contributed by atoms with Crippen molar-refractivity contribution in [3.05, 3.63) is 40.7 Å². The topological polar surface area (TPSA) is 112 Å². The maximum Gasteiger partial charge on any atom is 0.275 e. The van der Waals surface area contributed by atoms with Crippen molar-refractivity contribution in [2.24, 2.45) is 5.10 Å². The van der Waals surface area contributed by atoms with Crippen LogP contribution in [0.1, 0.15) is 31.1 Å². The standard InChI is InChI=1S/C17H15FN6O3S/c18-9-1-3-11(4-2-9)24-14(26)7-12(25)15(22-24)16(27)19-8-13-20-21-17(28)23(13)10-5-6-10/h1-4,10H,5-8H2,(H,19,27)(H,21,28). The zero-order chi connectivity index (χ0) is 19.8. The molecule has 1 fully saturated rings. The van der Waals surface area contributed by atoms with Gasteiger partial charge in [0.1, 0.15) is 5.82 Å². The third-order valence-corrected chi connectivity index (χ3v) is 4.68. The molecule has 0 saturated heterocycles. The summed E-state index contributed by atoms with van der Waals surface area (Å²) in [5, 5.41) is 14.2. The first-order chi connectivity index (χ1) is 13.4. The number of H-pyrrole nitrogens is 1. The third kappa shape index (κ3) is 3.48. The Morgan fingerprint density at radius 1 is 1.29 bits per heavy atom. The van der Waals surface area contributed by atoms with Crippen LogP contribution in [0.3, 0.4) is 0 Å². The van der Waals surface area contributed by atoms with E-state index < -0.39 is 35.5 Å². The number of carbonyl (C=O) groups is 3. The summed E-state index contributed by atoms with van der Waals surface area (Å²) in [6, 6.07) is 5.28. The molecule has 1 aromatic heterocycles. The fourth-order valence-corrected chi connectivity index (χ4v) is 3.18. The number of Topliss-reactive ketones (excluding diaryl/α,β-unsaturated/α-hetero) is 1. The SMILES string of the molecule is O=C1CC(=O)N(c2ccc(F)cc2)N=C1C(=O)NCc1n[nH]c(=S)n1C1CC1. The molecule has 2 aliphatic rings. The van der Waals surface area contributed by atoms with Crippen molar-refractivity contribution in [1.82, 2.24) is 20.1 Å². The summed E-state index contributed by atoms with van der Waals surface area (Å²) in [5.74, 6) is -1.92. The summed E-state index contributed by atoms with van der Waals surface area (Å²) in [6.07, 6.45) is 1.49. The molecule has 4 rings (SSSR count). The van der Waals surface area contributed by atoms with Gasteiger partial charge in [0, 0.05) is 6.04 Å². The Labute approximate surface area is 163 Å². The second-order valence-electron chi connectivity index (χ2n) is 6.46. The second-order valence-corrected chi connectivity index (χ2v) is 6.85. The average molecular weight is 402 g/mol. The van der Waals surface area contributed by atoms with Gasteiger partial charge >= 0.3 is 0 Å². The molecular weight excluding hydrogens is 387 g/mol. The molecule has 9 nitrogen and oxygen atoms in total. The van der Waals surface area contributed by atoms with Crippen LogP contribution in [0.4, 0.5) is 10.1 Å². The van der Waals surface area contributed by atoms with Crippen LogP contribution in [-0.4, -0.2) is 38.1 Å². The van der Waals surface area contributed by atoms with Crippen molar-refractivity contribution >= 4 is 41.2 Å². The van der Waals surface area contributed by atoms with Crippen LogP contribution in [0.25, 0.3) is 0 Å². The van der Waals surface area contributed by atoms with E-state index in [1.807, 2.05) is 4.57 Å². The monoisotopic (exact) mass is 402 g/mol. The number of anilines is 1. The van der Waals surface area contributed by atoms with E-state index in [2.05, 4.69) is 20.6 Å². The van der Waals surface area contributed by atoms with Gasteiger partial charge in [-0.15, -0.1) is 0 Å². The van der Waals surface area contributed by atoms with Gasteiger partial charge in [0.2, 0.25) is 0 Å². The summed E-state index contributed by atoms with van der Waals surface area (Å²) >= 11 is 5.19. The van der Waals surface area contributed by atoms with Crippen LogP contribution >= 0.6 is 12.2 Å². The Morgan fingerprint density at radius 2 is 2.00 bits per heavy atom. The molecule has 1 aliphatic heterocycles. The van der Waals surface area contributed by atoms with Crippen molar-refractivity contribution in [2.75, 3.05) is 5.01 Å². The molecular formula is C17H15FN6O3S. The predicted molar refractivity (Wildman–Crippen MR) is 98.5 cm³/mol. The highest BCUT2D eigenvalue weighted by atomic mass is 32.1. The summed E-state index contributed by atoms with van der Waals surface area (Å²) < 4.78 is 15.4. The lowest BCUT2D eigenvalue weighted by molar-refractivity contribution is -0.125.